The average Bonchev–Trinajstić information content (AvgIpc) is 2.93. The van der Waals surface area contributed by atoms with Crippen LogP contribution in [-0.2, 0) is 16.1 Å². The molecule has 1 N–H and O–H groups in total. The number of anilines is 1. The maximum Gasteiger partial charge on any atom is 0.247 e. The van der Waals surface area contributed by atoms with Crippen molar-refractivity contribution in [3.8, 4) is 0 Å². The molecule has 1 atom stereocenters. The molecular formula is C20H22N2O2. The van der Waals surface area contributed by atoms with Gasteiger partial charge in [-0.3, -0.25) is 9.59 Å². The quantitative estimate of drug-likeness (QED) is 0.937. The van der Waals surface area contributed by atoms with Crippen molar-refractivity contribution in [3.63, 3.8) is 0 Å². The number of hydrogen-bond acceptors (Lipinski definition) is 2. The molecule has 24 heavy (non-hydrogen) atoms. The van der Waals surface area contributed by atoms with Gasteiger partial charge in [0.1, 0.15) is 6.04 Å². The lowest BCUT2D eigenvalue weighted by Crippen LogP contribution is -2.41. The maximum atomic E-state index is 12.7. The highest BCUT2D eigenvalue weighted by atomic mass is 16.2. The molecule has 2 aromatic rings. The summed E-state index contributed by atoms with van der Waals surface area (Å²) in [6.07, 6.45) is 1.00. The molecule has 1 aliphatic rings. The highest BCUT2D eigenvalue weighted by Crippen LogP contribution is 2.23. The normalized spacial score (nSPS) is 17.2. The number of benzene rings is 2. The molecular weight excluding hydrogens is 300 g/mol. The van der Waals surface area contributed by atoms with Crippen LogP contribution in [0, 0.1) is 13.8 Å². The summed E-state index contributed by atoms with van der Waals surface area (Å²) in [7, 11) is 0. The van der Waals surface area contributed by atoms with Crippen molar-refractivity contribution in [2.45, 2.75) is 39.3 Å². The van der Waals surface area contributed by atoms with Gasteiger partial charge >= 0.3 is 0 Å². The van der Waals surface area contributed by atoms with Crippen LogP contribution in [0.5, 0.6) is 0 Å². The van der Waals surface area contributed by atoms with E-state index in [0.29, 0.717) is 19.4 Å². The van der Waals surface area contributed by atoms with Gasteiger partial charge in [0.05, 0.1) is 0 Å². The van der Waals surface area contributed by atoms with Gasteiger partial charge in [-0.1, -0.05) is 36.4 Å². The largest absolute Gasteiger partial charge is 0.326 e. The zero-order chi connectivity index (χ0) is 17.1. The van der Waals surface area contributed by atoms with E-state index in [1.807, 2.05) is 62.4 Å². The lowest BCUT2D eigenvalue weighted by Gasteiger charge is -2.24. The second kappa shape index (κ2) is 6.87. The van der Waals surface area contributed by atoms with E-state index in [4.69, 9.17) is 0 Å². The maximum absolute atomic E-state index is 12.7. The second-order valence-electron chi connectivity index (χ2n) is 6.35. The summed E-state index contributed by atoms with van der Waals surface area (Å²) in [6.45, 7) is 4.54. The van der Waals surface area contributed by atoms with Crippen LogP contribution in [0.25, 0.3) is 0 Å². The number of carbonyl (C=O) groups is 2. The predicted molar refractivity (Wildman–Crippen MR) is 94.6 cm³/mol. The van der Waals surface area contributed by atoms with Gasteiger partial charge in [-0.25, -0.2) is 0 Å². The number of likely N-dealkylation sites (tertiary alicyclic amines) is 1. The van der Waals surface area contributed by atoms with Crippen LogP contribution in [0.1, 0.15) is 29.5 Å². The Labute approximate surface area is 142 Å². The van der Waals surface area contributed by atoms with Crippen LogP contribution in [0.3, 0.4) is 0 Å². The number of nitrogens with one attached hydrogen (secondary N) is 1. The molecule has 0 saturated carbocycles. The summed E-state index contributed by atoms with van der Waals surface area (Å²) in [5.74, 6) is -0.0703. The summed E-state index contributed by atoms with van der Waals surface area (Å²) in [6, 6.07) is 15.2. The van der Waals surface area contributed by atoms with Gasteiger partial charge in [0.25, 0.3) is 0 Å². The SMILES string of the molecule is Cc1ccc(NC(=O)C2CCC(=O)N2Cc2ccccc2)cc1C. The first-order chi connectivity index (χ1) is 11.5. The van der Waals surface area contributed by atoms with Crippen molar-refractivity contribution in [2.24, 2.45) is 0 Å². The van der Waals surface area contributed by atoms with Crippen molar-refractivity contribution in [1.29, 1.82) is 0 Å². The first-order valence-electron chi connectivity index (χ1n) is 8.26. The Morgan fingerprint density at radius 1 is 1.12 bits per heavy atom. The topological polar surface area (TPSA) is 49.4 Å². The van der Waals surface area contributed by atoms with Crippen LogP contribution in [0.15, 0.2) is 48.5 Å². The number of nitrogens with zero attached hydrogens (tertiary/aromatic N) is 1. The molecule has 2 aromatic carbocycles. The van der Waals surface area contributed by atoms with E-state index in [-0.39, 0.29) is 11.8 Å². The molecule has 2 amide bonds. The van der Waals surface area contributed by atoms with Gasteiger partial charge in [-0.15, -0.1) is 0 Å². The number of hydrogen-bond donors (Lipinski definition) is 1. The van der Waals surface area contributed by atoms with E-state index in [2.05, 4.69) is 5.32 Å². The third-order valence-electron chi connectivity index (χ3n) is 4.60. The number of rotatable bonds is 4. The summed E-state index contributed by atoms with van der Waals surface area (Å²) in [4.78, 5) is 26.5. The van der Waals surface area contributed by atoms with Crippen molar-refractivity contribution in [3.05, 3.63) is 65.2 Å². The summed E-state index contributed by atoms with van der Waals surface area (Å²) in [5.41, 5.74) is 4.14. The zero-order valence-corrected chi connectivity index (χ0v) is 14.1. The molecule has 3 rings (SSSR count). The number of amides is 2. The summed E-state index contributed by atoms with van der Waals surface area (Å²) in [5, 5.41) is 2.96. The standard InChI is InChI=1S/C20H22N2O2/c1-14-8-9-17(12-15(14)2)21-20(24)18-10-11-19(23)22(18)13-16-6-4-3-5-7-16/h3-9,12,18H,10-11,13H2,1-2H3,(H,21,24). The third kappa shape index (κ3) is 3.48. The molecule has 1 saturated heterocycles. The first kappa shape index (κ1) is 16.2. The highest BCUT2D eigenvalue weighted by Gasteiger charge is 2.35. The fourth-order valence-electron chi connectivity index (χ4n) is 3.03. The van der Waals surface area contributed by atoms with Crippen LogP contribution in [0.2, 0.25) is 0 Å². The highest BCUT2D eigenvalue weighted by molar-refractivity contribution is 5.99. The van der Waals surface area contributed by atoms with Gasteiger partial charge in [0.15, 0.2) is 0 Å². The molecule has 1 aliphatic heterocycles. The predicted octanol–water partition coefficient (Wildman–Crippen LogP) is 3.43. The molecule has 0 bridgehead atoms. The van der Waals surface area contributed by atoms with E-state index in [1.165, 1.54) is 5.56 Å². The molecule has 0 radical (unpaired) electrons. The van der Waals surface area contributed by atoms with Gasteiger partial charge < -0.3 is 10.2 Å². The number of aryl methyl sites for hydroxylation is 2. The Bertz CT molecular complexity index is 755. The Balaban J connectivity index is 1.72. The van der Waals surface area contributed by atoms with E-state index in [0.717, 1.165) is 16.8 Å². The van der Waals surface area contributed by atoms with Crippen LogP contribution in [0.4, 0.5) is 5.69 Å². The molecule has 0 spiro atoms. The van der Waals surface area contributed by atoms with Crippen LogP contribution in [-0.4, -0.2) is 22.8 Å². The van der Waals surface area contributed by atoms with E-state index in [9.17, 15) is 9.59 Å². The fourth-order valence-corrected chi connectivity index (χ4v) is 3.03. The molecule has 1 fully saturated rings. The van der Waals surface area contributed by atoms with Gasteiger partial charge in [-0.2, -0.15) is 0 Å². The molecule has 1 heterocycles. The molecule has 0 aliphatic carbocycles. The molecule has 124 valence electrons. The van der Waals surface area contributed by atoms with Gasteiger partial charge in [0.2, 0.25) is 11.8 Å². The van der Waals surface area contributed by atoms with Crippen molar-refractivity contribution in [2.75, 3.05) is 5.32 Å². The zero-order valence-electron chi connectivity index (χ0n) is 14.1. The third-order valence-corrected chi connectivity index (χ3v) is 4.60. The Hall–Kier alpha value is -2.62. The monoisotopic (exact) mass is 322 g/mol. The second-order valence-corrected chi connectivity index (χ2v) is 6.35. The van der Waals surface area contributed by atoms with Crippen LogP contribution >= 0.6 is 0 Å². The molecule has 0 aromatic heterocycles. The molecule has 4 nitrogen and oxygen atoms in total. The smallest absolute Gasteiger partial charge is 0.247 e. The minimum absolute atomic E-state index is 0.0408. The van der Waals surface area contributed by atoms with E-state index >= 15 is 0 Å². The minimum atomic E-state index is -0.403. The summed E-state index contributed by atoms with van der Waals surface area (Å²) < 4.78 is 0. The van der Waals surface area contributed by atoms with Gasteiger partial charge in [0, 0.05) is 18.7 Å². The van der Waals surface area contributed by atoms with Crippen molar-refractivity contribution >= 4 is 17.5 Å². The Morgan fingerprint density at radius 2 is 1.88 bits per heavy atom. The lowest BCUT2D eigenvalue weighted by atomic mass is 10.1. The summed E-state index contributed by atoms with van der Waals surface area (Å²) >= 11 is 0. The fraction of sp³-hybridized carbons (Fsp3) is 0.300. The minimum Gasteiger partial charge on any atom is -0.326 e. The Kier molecular flexibility index (Phi) is 4.65. The van der Waals surface area contributed by atoms with Crippen LogP contribution < -0.4 is 5.32 Å². The lowest BCUT2D eigenvalue weighted by molar-refractivity contribution is -0.133. The Morgan fingerprint density at radius 3 is 2.58 bits per heavy atom. The average molecular weight is 322 g/mol. The van der Waals surface area contributed by atoms with Crippen molar-refractivity contribution < 1.29 is 9.59 Å². The number of carbonyl (C=O) groups excluding carboxylic acids is 2. The first-order valence-corrected chi connectivity index (χ1v) is 8.26. The molecule has 1 unspecified atom stereocenters. The van der Waals surface area contributed by atoms with Crippen molar-refractivity contribution in [1.82, 2.24) is 4.90 Å². The molecule has 4 heteroatoms. The van der Waals surface area contributed by atoms with E-state index in [1.54, 1.807) is 4.90 Å². The van der Waals surface area contributed by atoms with E-state index < -0.39 is 6.04 Å². The van der Waals surface area contributed by atoms with Gasteiger partial charge in [-0.05, 0) is 49.1 Å².